The topological polar surface area (TPSA) is 119 Å². The van der Waals surface area contributed by atoms with E-state index in [1.807, 2.05) is 30.0 Å². The highest BCUT2D eigenvalue weighted by atomic mass is 35.5. The molecule has 3 aliphatic rings. The molecule has 11 heteroatoms. The summed E-state index contributed by atoms with van der Waals surface area (Å²) >= 11 is 7.67. The molecule has 1 aliphatic heterocycles. The number of aromatic nitrogens is 2. The number of likely N-dealkylation sites (tertiary alicyclic amines) is 1. The Kier molecular flexibility index (Phi) is 11.0. The molecule has 0 radical (unpaired) electrons. The Bertz CT molecular complexity index is 1490. The number of piperidine rings is 1. The number of carbonyl (C=O) groups is 3. The molecule has 3 fully saturated rings. The lowest BCUT2D eigenvalue weighted by Gasteiger charge is -2.40. The predicted octanol–water partition coefficient (Wildman–Crippen LogP) is 6.11. The van der Waals surface area contributed by atoms with Crippen LogP contribution in [0, 0.1) is 18.8 Å². The first-order chi connectivity index (χ1) is 22.3. The highest BCUT2D eigenvalue weighted by molar-refractivity contribution is 7.13. The highest BCUT2D eigenvalue weighted by Gasteiger charge is 2.40. The molecule has 2 aliphatic carbocycles. The molecule has 2 aromatic heterocycles. The average Bonchev–Trinajstić information content (AvgIpc) is 3.69. The van der Waals surface area contributed by atoms with Crippen LogP contribution < -0.4 is 16.0 Å². The van der Waals surface area contributed by atoms with E-state index in [2.05, 4.69) is 25.9 Å². The average molecular weight is 667 g/mol. The molecule has 9 nitrogen and oxygen atoms in total. The third kappa shape index (κ3) is 8.12. The van der Waals surface area contributed by atoms with Crippen LogP contribution in [0.1, 0.15) is 97.3 Å². The maximum absolute atomic E-state index is 14.3. The smallest absolute Gasteiger partial charge is 0.280 e. The zero-order valence-electron chi connectivity index (χ0n) is 26.8. The second kappa shape index (κ2) is 15.3. The van der Waals surface area contributed by atoms with E-state index in [9.17, 15) is 14.4 Å². The van der Waals surface area contributed by atoms with Crippen LogP contribution in [0.4, 0.5) is 0 Å². The number of rotatable bonds is 10. The van der Waals surface area contributed by atoms with Gasteiger partial charge < -0.3 is 25.8 Å². The summed E-state index contributed by atoms with van der Waals surface area (Å²) in [6, 6.07) is 5.61. The molecule has 3 atom stereocenters. The Labute approximate surface area is 280 Å². The molecule has 3 aromatic rings. The predicted molar refractivity (Wildman–Crippen MR) is 183 cm³/mol. The first-order valence-corrected chi connectivity index (χ1v) is 18.3. The van der Waals surface area contributed by atoms with E-state index in [1.54, 1.807) is 12.4 Å². The number of fused-ring (bicyclic) bond motifs is 1. The number of thiazole rings is 1. The van der Waals surface area contributed by atoms with Gasteiger partial charge in [-0.3, -0.25) is 14.4 Å². The van der Waals surface area contributed by atoms with Crippen LogP contribution >= 0.6 is 22.9 Å². The summed E-state index contributed by atoms with van der Waals surface area (Å²) in [5.74, 6) is -0.388. The van der Waals surface area contributed by atoms with Gasteiger partial charge in [-0.25, -0.2) is 4.98 Å². The SMILES string of the molecule is Cc1cnc(C(=O)N[C@@H]2CCN(C(=O)C(CC3CCCCC3)NC3CCCCC3)C[C@@H]2C(=O)NCc2ccc3[nH]cc(Cl)c3c2)s1. The van der Waals surface area contributed by atoms with Gasteiger partial charge in [-0.2, -0.15) is 0 Å². The zero-order chi connectivity index (χ0) is 32.0. The van der Waals surface area contributed by atoms with Crippen molar-refractivity contribution in [2.45, 2.75) is 109 Å². The molecule has 0 spiro atoms. The van der Waals surface area contributed by atoms with Gasteiger partial charge in [0.15, 0.2) is 5.01 Å². The van der Waals surface area contributed by atoms with Crippen molar-refractivity contribution in [1.82, 2.24) is 30.8 Å². The molecule has 3 heterocycles. The molecule has 0 bridgehead atoms. The molecule has 3 amide bonds. The number of aromatic amines is 1. The number of carbonyl (C=O) groups excluding carboxylic acids is 3. The largest absolute Gasteiger partial charge is 0.360 e. The van der Waals surface area contributed by atoms with Gasteiger partial charge in [0.1, 0.15) is 0 Å². The third-order valence-electron chi connectivity index (χ3n) is 10.2. The van der Waals surface area contributed by atoms with Crippen molar-refractivity contribution in [2.75, 3.05) is 13.1 Å². The van der Waals surface area contributed by atoms with Crippen molar-refractivity contribution in [2.24, 2.45) is 11.8 Å². The Morgan fingerprint density at radius 2 is 1.83 bits per heavy atom. The van der Waals surface area contributed by atoms with E-state index >= 15 is 0 Å². The van der Waals surface area contributed by atoms with E-state index in [1.165, 1.54) is 62.7 Å². The quantitative estimate of drug-likeness (QED) is 0.208. The third-order valence-corrected chi connectivity index (χ3v) is 11.4. The second-order valence-electron chi connectivity index (χ2n) is 13.6. The van der Waals surface area contributed by atoms with Gasteiger partial charge in [0.05, 0.1) is 17.0 Å². The van der Waals surface area contributed by atoms with Crippen molar-refractivity contribution in [3.05, 3.63) is 51.1 Å². The minimum absolute atomic E-state index is 0.0989. The molecule has 1 saturated heterocycles. The molecular formula is C35H47ClN6O3S. The Balaban J connectivity index is 1.17. The van der Waals surface area contributed by atoms with Crippen molar-refractivity contribution < 1.29 is 14.4 Å². The van der Waals surface area contributed by atoms with Crippen molar-refractivity contribution in [1.29, 1.82) is 0 Å². The van der Waals surface area contributed by atoms with Gasteiger partial charge in [-0.1, -0.05) is 69.0 Å². The molecule has 1 aromatic carbocycles. The number of hydrogen-bond acceptors (Lipinski definition) is 6. The van der Waals surface area contributed by atoms with E-state index < -0.39 is 12.0 Å². The summed E-state index contributed by atoms with van der Waals surface area (Å²) in [6.07, 6.45) is 16.8. The summed E-state index contributed by atoms with van der Waals surface area (Å²) in [5.41, 5.74) is 1.86. The molecule has 46 heavy (non-hydrogen) atoms. The van der Waals surface area contributed by atoms with Crippen molar-refractivity contribution in [3.8, 4) is 0 Å². The van der Waals surface area contributed by atoms with E-state index in [-0.39, 0.29) is 30.3 Å². The van der Waals surface area contributed by atoms with Crippen LogP contribution in [-0.2, 0) is 16.1 Å². The molecule has 4 N–H and O–H groups in total. The normalized spacial score (nSPS) is 22.1. The van der Waals surface area contributed by atoms with Gasteiger partial charge in [0.2, 0.25) is 11.8 Å². The van der Waals surface area contributed by atoms with Crippen LogP contribution in [0.25, 0.3) is 10.9 Å². The molecule has 1 unspecified atom stereocenters. The number of halogens is 1. The molecular weight excluding hydrogens is 620 g/mol. The lowest BCUT2D eigenvalue weighted by Crippen LogP contribution is -2.60. The number of benzene rings is 1. The fourth-order valence-electron chi connectivity index (χ4n) is 7.61. The lowest BCUT2D eigenvalue weighted by molar-refractivity contribution is -0.139. The summed E-state index contributed by atoms with van der Waals surface area (Å²) < 4.78 is 0. The van der Waals surface area contributed by atoms with Crippen LogP contribution in [-0.4, -0.2) is 63.8 Å². The number of H-pyrrole nitrogens is 1. The Hall–Kier alpha value is -2.95. The zero-order valence-corrected chi connectivity index (χ0v) is 28.4. The highest BCUT2D eigenvalue weighted by Crippen LogP contribution is 2.30. The fraction of sp³-hybridized carbons (Fsp3) is 0.600. The van der Waals surface area contributed by atoms with Crippen LogP contribution in [0.15, 0.2) is 30.6 Å². The van der Waals surface area contributed by atoms with E-state index in [0.29, 0.717) is 41.5 Å². The first-order valence-electron chi connectivity index (χ1n) is 17.2. The van der Waals surface area contributed by atoms with E-state index in [4.69, 9.17) is 11.6 Å². The van der Waals surface area contributed by atoms with E-state index in [0.717, 1.165) is 40.6 Å². The Morgan fingerprint density at radius 1 is 1.07 bits per heavy atom. The van der Waals surface area contributed by atoms with Gasteiger partial charge in [-0.15, -0.1) is 11.3 Å². The van der Waals surface area contributed by atoms with Gasteiger partial charge >= 0.3 is 0 Å². The molecule has 248 valence electrons. The number of nitrogens with one attached hydrogen (secondary N) is 4. The summed E-state index contributed by atoms with van der Waals surface area (Å²) in [4.78, 5) is 51.6. The summed E-state index contributed by atoms with van der Waals surface area (Å²) in [6.45, 7) is 3.00. The maximum atomic E-state index is 14.3. The van der Waals surface area contributed by atoms with Crippen LogP contribution in [0.3, 0.4) is 0 Å². The van der Waals surface area contributed by atoms with Crippen LogP contribution in [0.2, 0.25) is 5.02 Å². The monoisotopic (exact) mass is 666 g/mol. The summed E-state index contributed by atoms with van der Waals surface area (Å²) in [7, 11) is 0. The number of nitrogens with zero attached hydrogens (tertiary/aromatic N) is 2. The number of hydrogen-bond donors (Lipinski definition) is 4. The fourth-order valence-corrected chi connectivity index (χ4v) is 8.49. The van der Waals surface area contributed by atoms with Crippen LogP contribution in [0.5, 0.6) is 0 Å². The Morgan fingerprint density at radius 3 is 2.57 bits per heavy atom. The van der Waals surface area contributed by atoms with Gasteiger partial charge in [0, 0.05) is 59.9 Å². The van der Waals surface area contributed by atoms with Gasteiger partial charge in [-0.05, 0) is 56.2 Å². The van der Waals surface area contributed by atoms with Crippen molar-refractivity contribution >= 4 is 51.6 Å². The standard InChI is InChI=1S/C35H47ClN6O3S/c1-22-18-39-34(46-22)33(44)41-30-14-15-42(21-27(30)32(43)38-19-24-12-13-29-26(16-24)28(36)20-37-29)35(45)31(17-23-8-4-2-5-9-23)40-25-10-6-3-7-11-25/h12-13,16,18,20,23,25,27,30-31,37,40H,2-11,14-15,17,19,21H2,1H3,(H,38,43)(H,41,44)/t27-,30+,31?/m0/s1. The minimum atomic E-state index is -0.590. The summed E-state index contributed by atoms with van der Waals surface area (Å²) in [5, 5.41) is 11.9. The minimum Gasteiger partial charge on any atom is -0.360 e. The van der Waals surface area contributed by atoms with Gasteiger partial charge in [0.25, 0.3) is 5.91 Å². The molecule has 6 rings (SSSR count). The second-order valence-corrected chi connectivity index (χ2v) is 15.2. The lowest BCUT2D eigenvalue weighted by atomic mass is 9.83. The van der Waals surface area contributed by atoms with Crippen molar-refractivity contribution in [3.63, 3.8) is 0 Å². The number of aryl methyl sites for hydroxylation is 1. The first kappa shape index (κ1) is 33.0. The maximum Gasteiger partial charge on any atom is 0.280 e. The molecule has 2 saturated carbocycles. The number of amides is 3.